The first kappa shape index (κ1) is 12.0. The monoisotopic (exact) mass is 305 g/mol. The van der Waals surface area contributed by atoms with Gasteiger partial charge in [-0.3, -0.25) is 9.89 Å². The van der Waals surface area contributed by atoms with Gasteiger partial charge in [-0.05, 0) is 6.07 Å². The summed E-state index contributed by atoms with van der Waals surface area (Å²) >= 11 is 12.5. The van der Waals surface area contributed by atoms with E-state index in [0.717, 1.165) is 27.7 Å². The number of aromatic nitrogens is 3. The van der Waals surface area contributed by atoms with Crippen LogP contribution in [0.25, 0.3) is 22.0 Å². The first-order valence-electron chi connectivity index (χ1n) is 6.16. The largest absolute Gasteiger partial charge is 0.335 e. The summed E-state index contributed by atoms with van der Waals surface area (Å²) in [5.74, 6) is 0.183. The van der Waals surface area contributed by atoms with Crippen molar-refractivity contribution in [1.29, 1.82) is 0 Å². The Morgan fingerprint density at radius 2 is 2.15 bits per heavy atom. The van der Waals surface area contributed by atoms with Gasteiger partial charge in [0.25, 0.3) is 0 Å². The van der Waals surface area contributed by atoms with Crippen molar-refractivity contribution in [2.75, 3.05) is 0 Å². The maximum atomic E-state index is 11.8. The molecule has 1 aliphatic rings. The average Bonchev–Trinajstić information content (AvgIpc) is 3.08. The normalized spacial score (nSPS) is 14.2. The molecular formula is C14H9Cl2N3O. The summed E-state index contributed by atoms with van der Waals surface area (Å²) in [6.07, 6.45) is 3.99. The van der Waals surface area contributed by atoms with Gasteiger partial charge >= 0.3 is 0 Å². The molecule has 2 aromatic heterocycles. The Kier molecular flexibility index (Phi) is 2.46. The van der Waals surface area contributed by atoms with Crippen LogP contribution in [0.3, 0.4) is 0 Å². The zero-order valence-corrected chi connectivity index (χ0v) is 11.8. The van der Waals surface area contributed by atoms with Crippen LogP contribution < -0.4 is 0 Å². The van der Waals surface area contributed by atoms with Crippen molar-refractivity contribution in [3.05, 3.63) is 40.3 Å². The summed E-state index contributed by atoms with van der Waals surface area (Å²) in [7, 11) is 0. The van der Waals surface area contributed by atoms with E-state index >= 15 is 0 Å². The van der Waals surface area contributed by atoms with Gasteiger partial charge in [0, 0.05) is 34.8 Å². The molecular weight excluding hydrogens is 297 g/mol. The van der Waals surface area contributed by atoms with Gasteiger partial charge in [-0.25, -0.2) is 0 Å². The molecule has 0 aliphatic carbocycles. The first-order chi connectivity index (χ1) is 9.66. The van der Waals surface area contributed by atoms with Gasteiger partial charge in [-0.1, -0.05) is 29.3 Å². The Morgan fingerprint density at radius 3 is 2.90 bits per heavy atom. The van der Waals surface area contributed by atoms with Gasteiger partial charge < -0.3 is 4.57 Å². The Hall–Kier alpha value is -1.78. The fraction of sp³-hybridized carbons (Fsp3) is 0.143. The number of aromatic amines is 1. The standard InChI is InChI=1S/C14H9Cl2N3O/c15-10-2-1-9-12(7-4-17-18-5-7)11-3-8(20)6-19(11)14(9)13(10)16/h1-2,4-5H,3,6H2,(H,17,18). The van der Waals surface area contributed by atoms with E-state index in [1.165, 1.54) is 0 Å². The minimum atomic E-state index is 0.183. The third-order valence-corrected chi connectivity index (χ3v) is 4.50. The van der Waals surface area contributed by atoms with Crippen LogP contribution in [0.4, 0.5) is 0 Å². The second kappa shape index (κ2) is 4.11. The fourth-order valence-corrected chi connectivity index (χ4v) is 3.34. The van der Waals surface area contributed by atoms with Gasteiger partial charge in [0.15, 0.2) is 5.78 Å². The van der Waals surface area contributed by atoms with E-state index < -0.39 is 0 Å². The van der Waals surface area contributed by atoms with E-state index in [2.05, 4.69) is 10.2 Å². The minimum absolute atomic E-state index is 0.183. The third kappa shape index (κ3) is 1.49. The molecule has 0 atom stereocenters. The maximum absolute atomic E-state index is 11.8. The zero-order valence-electron chi connectivity index (χ0n) is 10.3. The topological polar surface area (TPSA) is 50.7 Å². The number of Topliss-reactive ketones (excluding diaryl/α,β-unsaturated/α-hetero) is 1. The van der Waals surface area contributed by atoms with Crippen LogP contribution in [-0.2, 0) is 17.8 Å². The molecule has 100 valence electrons. The van der Waals surface area contributed by atoms with Gasteiger partial charge in [0.1, 0.15) is 0 Å². The molecule has 0 saturated carbocycles. The van der Waals surface area contributed by atoms with Crippen molar-refractivity contribution in [1.82, 2.24) is 14.8 Å². The lowest BCUT2D eigenvalue weighted by atomic mass is 10.0. The molecule has 1 N–H and O–H groups in total. The highest BCUT2D eigenvalue weighted by Crippen LogP contribution is 2.42. The van der Waals surface area contributed by atoms with E-state index in [9.17, 15) is 4.79 Å². The molecule has 0 saturated heterocycles. The summed E-state index contributed by atoms with van der Waals surface area (Å²) < 4.78 is 1.97. The molecule has 0 radical (unpaired) electrons. The Balaban J connectivity index is 2.17. The van der Waals surface area contributed by atoms with E-state index in [-0.39, 0.29) is 5.78 Å². The van der Waals surface area contributed by atoms with Crippen molar-refractivity contribution in [2.45, 2.75) is 13.0 Å². The average molecular weight is 306 g/mol. The van der Waals surface area contributed by atoms with Crippen LogP contribution in [0, 0.1) is 0 Å². The second-order valence-corrected chi connectivity index (χ2v) is 5.65. The SMILES string of the molecule is O=C1Cc2c(-c3cn[nH]c3)c3ccc(Cl)c(Cl)c3n2C1. The second-order valence-electron chi connectivity index (χ2n) is 4.87. The molecule has 0 spiro atoms. The Labute approximate surface area is 124 Å². The summed E-state index contributed by atoms with van der Waals surface area (Å²) in [5.41, 5.74) is 3.78. The summed E-state index contributed by atoms with van der Waals surface area (Å²) in [6, 6.07) is 3.73. The smallest absolute Gasteiger partial charge is 0.158 e. The lowest BCUT2D eigenvalue weighted by Gasteiger charge is -2.03. The number of hydrogen-bond acceptors (Lipinski definition) is 2. The van der Waals surface area contributed by atoms with E-state index in [0.29, 0.717) is 23.0 Å². The lowest BCUT2D eigenvalue weighted by molar-refractivity contribution is -0.117. The molecule has 1 aliphatic heterocycles. The predicted octanol–water partition coefficient (Wildman–Crippen LogP) is 3.46. The van der Waals surface area contributed by atoms with Crippen molar-refractivity contribution in [2.24, 2.45) is 0 Å². The van der Waals surface area contributed by atoms with Gasteiger partial charge in [-0.2, -0.15) is 5.10 Å². The third-order valence-electron chi connectivity index (χ3n) is 3.71. The molecule has 0 fully saturated rings. The Bertz CT molecular complexity index is 849. The molecule has 3 aromatic rings. The summed E-state index contributed by atoms with van der Waals surface area (Å²) in [6.45, 7) is 0.351. The van der Waals surface area contributed by atoms with E-state index in [4.69, 9.17) is 23.2 Å². The number of carbonyl (C=O) groups is 1. The zero-order chi connectivity index (χ0) is 13.9. The van der Waals surface area contributed by atoms with Crippen LogP contribution in [0.5, 0.6) is 0 Å². The minimum Gasteiger partial charge on any atom is -0.335 e. The van der Waals surface area contributed by atoms with Crippen molar-refractivity contribution >= 4 is 39.9 Å². The van der Waals surface area contributed by atoms with Crippen molar-refractivity contribution < 1.29 is 4.79 Å². The molecule has 1 aromatic carbocycles. The number of halogens is 2. The number of nitrogens with one attached hydrogen (secondary N) is 1. The number of nitrogens with zero attached hydrogens (tertiary/aromatic N) is 2. The highest BCUT2D eigenvalue weighted by atomic mass is 35.5. The number of rotatable bonds is 1. The van der Waals surface area contributed by atoms with Gasteiger partial charge in [0.05, 0.1) is 28.3 Å². The number of carbonyl (C=O) groups excluding carboxylic acids is 1. The molecule has 4 nitrogen and oxygen atoms in total. The lowest BCUT2D eigenvalue weighted by Crippen LogP contribution is -1.99. The first-order valence-corrected chi connectivity index (χ1v) is 6.92. The summed E-state index contributed by atoms with van der Waals surface area (Å²) in [5, 5.41) is 8.80. The van der Waals surface area contributed by atoms with Crippen LogP contribution in [0.2, 0.25) is 10.0 Å². The molecule has 0 unspecified atom stereocenters. The van der Waals surface area contributed by atoms with Crippen LogP contribution in [0.15, 0.2) is 24.5 Å². The number of fused-ring (bicyclic) bond motifs is 3. The highest BCUT2D eigenvalue weighted by Gasteiger charge is 2.28. The number of benzene rings is 1. The van der Waals surface area contributed by atoms with Crippen LogP contribution >= 0.6 is 23.2 Å². The van der Waals surface area contributed by atoms with Crippen molar-refractivity contribution in [3.63, 3.8) is 0 Å². The van der Waals surface area contributed by atoms with E-state index in [1.807, 2.05) is 16.8 Å². The maximum Gasteiger partial charge on any atom is 0.158 e. The molecule has 20 heavy (non-hydrogen) atoms. The number of ketones is 1. The molecule has 3 heterocycles. The fourth-order valence-electron chi connectivity index (χ4n) is 2.92. The number of H-pyrrole nitrogens is 1. The number of hydrogen-bond donors (Lipinski definition) is 1. The van der Waals surface area contributed by atoms with Crippen LogP contribution in [-0.4, -0.2) is 20.5 Å². The van der Waals surface area contributed by atoms with Gasteiger partial charge in [-0.15, -0.1) is 0 Å². The molecule has 0 bridgehead atoms. The predicted molar refractivity (Wildman–Crippen MR) is 78.3 cm³/mol. The summed E-state index contributed by atoms with van der Waals surface area (Å²) in [4.78, 5) is 11.8. The van der Waals surface area contributed by atoms with E-state index in [1.54, 1.807) is 12.3 Å². The van der Waals surface area contributed by atoms with Gasteiger partial charge in [0.2, 0.25) is 0 Å². The molecule has 6 heteroatoms. The van der Waals surface area contributed by atoms with Crippen molar-refractivity contribution in [3.8, 4) is 11.1 Å². The highest BCUT2D eigenvalue weighted by molar-refractivity contribution is 6.45. The van der Waals surface area contributed by atoms with Crippen LogP contribution in [0.1, 0.15) is 5.69 Å². The molecule has 0 amide bonds. The quantitative estimate of drug-likeness (QED) is 0.748. The molecule has 4 rings (SSSR count). The Morgan fingerprint density at radius 1 is 1.30 bits per heavy atom.